The molecule has 0 aliphatic carbocycles. The first-order valence-electron chi connectivity index (χ1n) is 13.9. The molecule has 2 aliphatic rings. The number of aryl methyl sites for hydroxylation is 1. The lowest BCUT2D eigenvalue weighted by Gasteiger charge is -2.28. The van der Waals surface area contributed by atoms with E-state index in [1.54, 1.807) is 26.0 Å². The first-order chi connectivity index (χ1) is 20.4. The minimum atomic E-state index is -4.24. The molecule has 0 saturated carbocycles. The van der Waals surface area contributed by atoms with Crippen LogP contribution < -0.4 is 0 Å². The Morgan fingerprint density at radius 3 is 1.55 bits per heavy atom. The Balaban J connectivity index is 1.45. The van der Waals surface area contributed by atoms with E-state index in [0.29, 0.717) is 22.8 Å². The van der Waals surface area contributed by atoms with E-state index in [1.165, 1.54) is 7.95 Å². The second kappa shape index (κ2) is 10.3. The van der Waals surface area contributed by atoms with E-state index in [9.17, 15) is 0 Å². The van der Waals surface area contributed by atoms with Crippen LogP contribution in [-0.2, 0) is 0 Å². The Bertz CT molecular complexity index is 1890. The monoisotopic (exact) mass is 571 g/mol. The number of aromatic nitrogens is 1. The van der Waals surface area contributed by atoms with Gasteiger partial charge in [-0.1, -0.05) is 127 Å². The number of rotatable bonds is 5. The highest BCUT2D eigenvalue weighted by Gasteiger charge is 2.51. The molecule has 0 N–H and O–H groups in total. The summed E-state index contributed by atoms with van der Waals surface area (Å²) in [5, 5.41) is 0. The zero-order valence-electron chi connectivity index (χ0n) is 23.3. The fourth-order valence-corrected chi connectivity index (χ4v) is 7.80. The zero-order valence-corrected chi connectivity index (χ0v) is 24.2. The largest absolute Gasteiger partial charge is 0.387 e. The van der Waals surface area contributed by atoms with Gasteiger partial charge in [-0.2, -0.15) is 0 Å². The number of halogens is 2. The molecule has 0 atom stereocenters. The van der Waals surface area contributed by atoms with Crippen molar-refractivity contribution in [3.63, 3.8) is 0 Å². The third kappa shape index (κ3) is 4.20. The van der Waals surface area contributed by atoms with Gasteiger partial charge >= 0.3 is 11.2 Å². The molecule has 5 aromatic rings. The summed E-state index contributed by atoms with van der Waals surface area (Å²) in [6, 6.07) is 43.3. The maximum Gasteiger partial charge on any atom is 0.387 e. The smallest absolute Gasteiger partial charge is 0.205 e. The first kappa shape index (κ1) is 26.2. The van der Waals surface area contributed by atoms with Crippen LogP contribution in [0.15, 0.2) is 145 Å². The first-order valence-corrected chi connectivity index (χ1v) is 15.3. The SMILES string of the molecule is CC1=[N+]2C(=C(c3ccc(C(=C(c4ccccc4)c4ccccc4)c4ccccc4)cc3)c3ccc(C)n3S2(F)F)C=C1. The molecule has 7 rings (SSSR count). The summed E-state index contributed by atoms with van der Waals surface area (Å²) in [7, 11) is 0. The quantitative estimate of drug-likeness (QED) is 0.147. The van der Waals surface area contributed by atoms with Gasteiger partial charge in [0, 0.05) is 24.8 Å². The molecule has 0 fully saturated rings. The lowest BCUT2D eigenvalue weighted by molar-refractivity contribution is -0.302. The van der Waals surface area contributed by atoms with Crippen molar-refractivity contribution in [2.45, 2.75) is 13.8 Å². The van der Waals surface area contributed by atoms with E-state index < -0.39 is 11.2 Å². The highest BCUT2D eigenvalue weighted by Crippen LogP contribution is 2.62. The summed E-state index contributed by atoms with van der Waals surface area (Å²) in [5.41, 5.74) is 10.6. The molecular weight excluding hydrogens is 542 g/mol. The van der Waals surface area contributed by atoms with E-state index in [0.717, 1.165) is 44.5 Å². The van der Waals surface area contributed by atoms with Crippen LogP contribution in [0, 0.1) is 6.92 Å². The van der Waals surface area contributed by atoms with Gasteiger partial charge in [0.25, 0.3) is 0 Å². The van der Waals surface area contributed by atoms with Crippen molar-refractivity contribution in [2.75, 3.05) is 0 Å². The summed E-state index contributed by atoms with van der Waals surface area (Å²) >= 11 is -4.24. The Hall–Kier alpha value is -4.74. The fraction of sp³-hybridized carbons (Fsp3) is 0.0541. The summed E-state index contributed by atoms with van der Waals surface area (Å²) in [4.78, 5) is 0. The molecule has 1 aromatic heterocycles. The van der Waals surface area contributed by atoms with Crippen molar-refractivity contribution in [3.8, 4) is 0 Å². The third-order valence-electron chi connectivity index (χ3n) is 7.89. The predicted octanol–water partition coefficient (Wildman–Crippen LogP) is 9.87. The third-order valence-corrected chi connectivity index (χ3v) is 9.74. The number of hydrogen-bond acceptors (Lipinski definition) is 0. The Morgan fingerprint density at radius 2 is 1.05 bits per heavy atom. The number of fused-ring (bicyclic) bond motifs is 2. The van der Waals surface area contributed by atoms with Crippen molar-refractivity contribution in [3.05, 3.63) is 184 Å². The molecule has 3 heterocycles. The topological polar surface area (TPSA) is 7.94 Å². The maximum absolute atomic E-state index is 15.8. The van der Waals surface area contributed by atoms with Gasteiger partial charge < -0.3 is 0 Å². The van der Waals surface area contributed by atoms with Crippen molar-refractivity contribution in [1.29, 1.82) is 0 Å². The van der Waals surface area contributed by atoms with Crippen LogP contribution in [0.2, 0.25) is 0 Å². The summed E-state index contributed by atoms with van der Waals surface area (Å²) in [5.74, 6) is 0. The summed E-state index contributed by atoms with van der Waals surface area (Å²) < 4.78 is 34.1. The van der Waals surface area contributed by atoms with E-state index in [-0.39, 0.29) is 0 Å². The fourth-order valence-electron chi connectivity index (χ4n) is 6.04. The average Bonchev–Trinajstić information content (AvgIpc) is 3.61. The van der Waals surface area contributed by atoms with Gasteiger partial charge in [0.15, 0.2) is 5.71 Å². The molecule has 0 saturated heterocycles. The van der Waals surface area contributed by atoms with Crippen molar-refractivity contribution in [2.24, 2.45) is 0 Å². The van der Waals surface area contributed by atoms with Crippen LogP contribution in [0.5, 0.6) is 0 Å². The molecular formula is C37H29F2N2S+. The standard InChI is InChI=1S/C37H29F2N2S/c1-26-18-24-33-37(34-25-19-27(2)41(34)42(38,39)40(26)33)32-22-20-31(21-23-32)36(30-16-10-5-11-17-30)35(28-12-6-3-7-13-28)29-14-8-4-9-15-29/h3-25H,1-2H3/q+1. The van der Waals surface area contributed by atoms with Gasteiger partial charge in [0.2, 0.25) is 5.70 Å². The average molecular weight is 572 g/mol. The van der Waals surface area contributed by atoms with Gasteiger partial charge in [-0.25, -0.2) is 3.97 Å². The number of benzene rings is 4. The minimum absolute atomic E-state index is 0.555. The zero-order chi connectivity index (χ0) is 28.8. The molecule has 2 nitrogen and oxygen atoms in total. The predicted molar refractivity (Wildman–Crippen MR) is 171 cm³/mol. The number of hydrogen-bond donors (Lipinski definition) is 0. The van der Waals surface area contributed by atoms with Crippen molar-refractivity contribution >= 4 is 33.6 Å². The van der Waals surface area contributed by atoms with Crippen LogP contribution in [0.1, 0.15) is 46.1 Å². The van der Waals surface area contributed by atoms with E-state index in [1.807, 2.05) is 30.3 Å². The molecule has 5 heteroatoms. The van der Waals surface area contributed by atoms with Gasteiger partial charge in [0.05, 0.1) is 11.3 Å². The van der Waals surface area contributed by atoms with Crippen LogP contribution in [0.4, 0.5) is 7.77 Å². The Labute approximate surface area is 247 Å². The number of nitrogens with zero attached hydrogens (tertiary/aromatic N) is 2. The second-order valence-electron chi connectivity index (χ2n) is 10.5. The van der Waals surface area contributed by atoms with E-state index in [4.69, 9.17) is 0 Å². The van der Waals surface area contributed by atoms with E-state index in [2.05, 4.69) is 97.1 Å². The molecule has 206 valence electrons. The van der Waals surface area contributed by atoms with Crippen LogP contribution >= 0.6 is 11.2 Å². The van der Waals surface area contributed by atoms with Gasteiger partial charge in [-0.05, 0) is 58.0 Å². The molecule has 0 unspecified atom stereocenters. The molecule has 4 aromatic carbocycles. The Kier molecular flexibility index (Phi) is 6.40. The van der Waals surface area contributed by atoms with E-state index >= 15 is 7.77 Å². The van der Waals surface area contributed by atoms with Gasteiger partial charge in [-0.15, -0.1) is 0 Å². The minimum Gasteiger partial charge on any atom is -0.205 e. The summed E-state index contributed by atoms with van der Waals surface area (Å²) in [6.45, 7) is 3.50. The highest BCUT2D eigenvalue weighted by molar-refractivity contribution is 8.18. The Morgan fingerprint density at radius 1 is 0.571 bits per heavy atom. The van der Waals surface area contributed by atoms with Crippen molar-refractivity contribution in [1.82, 2.24) is 3.97 Å². The molecule has 0 radical (unpaired) electrons. The lowest BCUT2D eigenvalue weighted by atomic mass is 9.85. The van der Waals surface area contributed by atoms with Gasteiger partial charge in [0.1, 0.15) is 0 Å². The van der Waals surface area contributed by atoms with Crippen LogP contribution in [0.3, 0.4) is 0 Å². The summed E-state index contributed by atoms with van der Waals surface area (Å²) in [6.07, 6.45) is 3.61. The van der Waals surface area contributed by atoms with Gasteiger partial charge in [-0.3, -0.25) is 0 Å². The molecule has 0 spiro atoms. The molecule has 42 heavy (non-hydrogen) atoms. The maximum atomic E-state index is 15.8. The van der Waals surface area contributed by atoms with Crippen LogP contribution in [-0.4, -0.2) is 13.7 Å². The second-order valence-corrected chi connectivity index (χ2v) is 12.1. The molecule has 0 amide bonds. The highest BCUT2D eigenvalue weighted by atomic mass is 32.3. The van der Waals surface area contributed by atoms with Crippen molar-refractivity contribution < 1.29 is 11.8 Å². The number of allylic oxidation sites excluding steroid dienone is 2. The molecule has 0 bridgehead atoms. The molecule has 2 aliphatic heterocycles. The normalized spacial score (nSPS) is 15.8. The van der Waals surface area contributed by atoms with Crippen LogP contribution in [0.25, 0.3) is 16.7 Å². The lowest BCUT2D eigenvalue weighted by Crippen LogP contribution is -2.25.